The Morgan fingerprint density at radius 1 is 1.21 bits per heavy atom. The van der Waals surface area contributed by atoms with E-state index in [2.05, 4.69) is 34.8 Å². The Hall–Kier alpha value is -2.61. The Labute approximate surface area is 204 Å². The smallest absolute Gasteiger partial charge is 0.331 e. The fourth-order valence-corrected chi connectivity index (χ4v) is 4.79. The highest BCUT2D eigenvalue weighted by molar-refractivity contribution is 5.70. The molecular weight excluding hydrogens is 424 g/mol. The van der Waals surface area contributed by atoms with Crippen molar-refractivity contribution in [2.75, 3.05) is 20.3 Å². The second-order valence-corrected chi connectivity index (χ2v) is 9.46. The zero-order chi connectivity index (χ0) is 24.1. The number of esters is 1. The van der Waals surface area contributed by atoms with E-state index in [0.29, 0.717) is 12.5 Å². The number of aliphatic hydroxyl groups is 1. The quantitative estimate of drug-likeness (QED) is 0.158. The van der Waals surface area contributed by atoms with Gasteiger partial charge in [-0.2, -0.15) is 0 Å². The fraction of sp³-hybridized carbons (Fsp3) is 0.500. The van der Waals surface area contributed by atoms with E-state index in [1.807, 2.05) is 42.5 Å². The normalized spacial score (nSPS) is 21.7. The van der Waals surface area contributed by atoms with Crippen molar-refractivity contribution in [3.05, 3.63) is 71.8 Å². The number of hydrogen-bond acceptors (Lipinski definition) is 4. The van der Waals surface area contributed by atoms with Crippen LogP contribution in [0.25, 0.3) is 0 Å². The molecule has 0 aliphatic heterocycles. The molecule has 4 nitrogen and oxygen atoms in total. The number of aliphatic hydroxyl groups excluding tert-OH is 1. The van der Waals surface area contributed by atoms with E-state index in [-0.39, 0.29) is 18.0 Å². The van der Waals surface area contributed by atoms with Crippen LogP contribution in [0, 0.1) is 23.2 Å². The summed E-state index contributed by atoms with van der Waals surface area (Å²) in [7, 11) is 1.36. The van der Waals surface area contributed by atoms with Gasteiger partial charge in [-0.25, -0.2) is 4.79 Å². The lowest BCUT2D eigenvalue weighted by molar-refractivity contribution is -0.145. The van der Waals surface area contributed by atoms with Gasteiger partial charge in [-0.05, 0) is 62.0 Å². The highest BCUT2D eigenvalue weighted by Gasteiger charge is 2.37. The standard InChI is InChI=1S/C30H38O4/c1-33-29(32)24-34-22-18-27-16-6-5-14-26(27)15-7-8-17-28(31)23-30(20-10-21-30)19-9-13-25-11-3-2-4-12-25/h2-4,7-8,11-12,15,17-18,26,28,31H,5-6,10,14,16,19-24H2,1H3/b15-7+,17-8+,27-18+. The summed E-state index contributed by atoms with van der Waals surface area (Å²) in [5, 5.41) is 10.6. The minimum Gasteiger partial charge on any atom is -0.467 e. The second kappa shape index (κ2) is 13.9. The predicted molar refractivity (Wildman–Crippen MR) is 136 cm³/mol. The third-order valence-corrected chi connectivity index (χ3v) is 6.93. The molecule has 2 aliphatic rings. The van der Waals surface area contributed by atoms with Crippen molar-refractivity contribution in [1.82, 2.24) is 0 Å². The molecule has 4 heteroatoms. The number of hydrogen-bond donors (Lipinski definition) is 1. The Morgan fingerprint density at radius 2 is 2.03 bits per heavy atom. The van der Waals surface area contributed by atoms with Gasteiger partial charge in [-0.15, -0.1) is 0 Å². The number of methoxy groups -OCH3 is 1. The molecule has 2 atom stereocenters. The van der Waals surface area contributed by atoms with Gasteiger partial charge in [0.05, 0.1) is 19.8 Å². The average molecular weight is 463 g/mol. The summed E-state index contributed by atoms with van der Waals surface area (Å²) >= 11 is 0. The maximum Gasteiger partial charge on any atom is 0.331 e. The first-order chi connectivity index (χ1) is 16.6. The van der Waals surface area contributed by atoms with Gasteiger partial charge in [-0.1, -0.05) is 78.8 Å². The van der Waals surface area contributed by atoms with E-state index in [1.54, 1.807) is 0 Å². The summed E-state index contributed by atoms with van der Waals surface area (Å²) in [6.45, 7) is 0.416. The van der Waals surface area contributed by atoms with Crippen LogP contribution in [-0.2, 0) is 14.3 Å². The van der Waals surface area contributed by atoms with Crippen molar-refractivity contribution in [3.8, 4) is 11.8 Å². The molecule has 0 spiro atoms. The highest BCUT2D eigenvalue weighted by Crippen LogP contribution is 2.47. The van der Waals surface area contributed by atoms with Gasteiger partial charge >= 0.3 is 5.97 Å². The van der Waals surface area contributed by atoms with Gasteiger partial charge in [0.1, 0.15) is 6.61 Å². The number of benzene rings is 1. The van der Waals surface area contributed by atoms with Crippen LogP contribution in [-0.4, -0.2) is 37.5 Å². The molecule has 0 bridgehead atoms. The molecule has 2 aliphatic carbocycles. The van der Waals surface area contributed by atoms with Gasteiger partial charge < -0.3 is 14.6 Å². The highest BCUT2D eigenvalue weighted by atomic mass is 16.6. The lowest BCUT2D eigenvalue weighted by Crippen LogP contribution is -2.32. The zero-order valence-corrected chi connectivity index (χ0v) is 20.4. The van der Waals surface area contributed by atoms with E-state index in [0.717, 1.165) is 44.1 Å². The molecule has 0 aromatic heterocycles. The lowest BCUT2D eigenvalue weighted by atomic mass is 9.64. The Morgan fingerprint density at radius 3 is 2.76 bits per heavy atom. The molecular formula is C30H38O4. The van der Waals surface area contributed by atoms with E-state index in [4.69, 9.17) is 4.74 Å². The molecule has 1 N–H and O–H groups in total. The SMILES string of the molecule is COC(=O)COC/C=C1\CCCCC1/C=C/C=C/C(O)CC1(CC#Cc2ccccc2)CCC1. The maximum absolute atomic E-state index is 11.2. The van der Waals surface area contributed by atoms with Crippen molar-refractivity contribution in [3.63, 3.8) is 0 Å². The number of allylic oxidation sites excluding steroid dienone is 4. The van der Waals surface area contributed by atoms with Crippen LogP contribution in [0.5, 0.6) is 0 Å². The van der Waals surface area contributed by atoms with Crippen LogP contribution in [0.15, 0.2) is 66.3 Å². The van der Waals surface area contributed by atoms with Crippen molar-refractivity contribution in [1.29, 1.82) is 0 Å². The number of carbonyl (C=O) groups is 1. The minimum absolute atomic E-state index is 0.0132. The molecule has 1 aromatic carbocycles. The molecule has 1 aromatic rings. The molecule has 34 heavy (non-hydrogen) atoms. The maximum atomic E-state index is 11.2. The number of rotatable bonds is 10. The van der Waals surface area contributed by atoms with Crippen LogP contribution in [0.1, 0.15) is 63.4 Å². The second-order valence-electron chi connectivity index (χ2n) is 9.46. The summed E-state index contributed by atoms with van der Waals surface area (Å²) in [6, 6.07) is 10.1. The van der Waals surface area contributed by atoms with Crippen molar-refractivity contribution >= 4 is 5.97 Å². The summed E-state index contributed by atoms with van der Waals surface area (Å²) in [4.78, 5) is 11.2. The number of ether oxygens (including phenoxy) is 2. The first-order valence-electron chi connectivity index (χ1n) is 12.5. The Bertz CT molecular complexity index is 912. The van der Waals surface area contributed by atoms with Crippen LogP contribution in [0.3, 0.4) is 0 Å². The van der Waals surface area contributed by atoms with E-state index >= 15 is 0 Å². The van der Waals surface area contributed by atoms with Gasteiger partial charge in [0, 0.05) is 12.0 Å². The van der Waals surface area contributed by atoms with Gasteiger partial charge in [-0.3, -0.25) is 0 Å². The van der Waals surface area contributed by atoms with Crippen LogP contribution in [0.4, 0.5) is 0 Å². The third-order valence-electron chi connectivity index (χ3n) is 6.93. The van der Waals surface area contributed by atoms with Crippen molar-refractivity contribution < 1.29 is 19.4 Å². The Balaban J connectivity index is 1.46. The lowest BCUT2D eigenvalue weighted by Gasteiger charge is -2.41. The monoisotopic (exact) mass is 462 g/mol. The van der Waals surface area contributed by atoms with E-state index in [9.17, 15) is 9.90 Å². The van der Waals surface area contributed by atoms with E-state index < -0.39 is 6.10 Å². The average Bonchev–Trinajstić information content (AvgIpc) is 2.84. The topological polar surface area (TPSA) is 55.8 Å². The molecule has 0 radical (unpaired) electrons. The van der Waals surface area contributed by atoms with Crippen LogP contribution < -0.4 is 0 Å². The van der Waals surface area contributed by atoms with Gasteiger partial charge in [0.25, 0.3) is 0 Å². The largest absolute Gasteiger partial charge is 0.467 e. The molecule has 3 rings (SSSR count). The molecule has 2 unspecified atom stereocenters. The molecule has 0 saturated heterocycles. The fourth-order valence-electron chi connectivity index (χ4n) is 4.79. The molecule has 2 saturated carbocycles. The summed E-state index contributed by atoms with van der Waals surface area (Å²) in [5.74, 6) is 6.66. The summed E-state index contributed by atoms with van der Waals surface area (Å²) < 4.78 is 9.97. The first kappa shape index (κ1) is 26.0. The summed E-state index contributed by atoms with van der Waals surface area (Å²) in [6.07, 6.45) is 19.6. The third kappa shape index (κ3) is 8.63. The van der Waals surface area contributed by atoms with Crippen LogP contribution in [0.2, 0.25) is 0 Å². The zero-order valence-electron chi connectivity index (χ0n) is 20.4. The molecule has 0 heterocycles. The van der Waals surface area contributed by atoms with Crippen molar-refractivity contribution in [2.24, 2.45) is 11.3 Å². The molecule has 0 amide bonds. The Kier molecular flexibility index (Phi) is 10.7. The predicted octanol–water partition coefficient (Wildman–Crippen LogP) is 5.77. The van der Waals surface area contributed by atoms with Crippen molar-refractivity contribution in [2.45, 2.75) is 63.9 Å². The van der Waals surface area contributed by atoms with Gasteiger partial charge in [0.2, 0.25) is 0 Å². The number of carbonyl (C=O) groups excluding carboxylic acids is 1. The molecule has 2 fully saturated rings. The van der Waals surface area contributed by atoms with Crippen LogP contribution >= 0.6 is 0 Å². The van der Waals surface area contributed by atoms with E-state index in [1.165, 1.54) is 31.9 Å². The molecule has 182 valence electrons. The minimum atomic E-state index is -0.448. The first-order valence-corrected chi connectivity index (χ1v) is 12.5. The summed E-state index contributed by atoms with van der Waals surface area (Å²) in [5.41, 5.74) is 2.57. The van der Waals surface area contributed by atoms with Gasteiger partial charge in [0.15, 0.2) is 0 Å².